The highest BCUT2D eigenvalue weighted by Gasteiger charge is 2.34. The number of benzene rings is 1. The van der Waals surface area contributed by atoms with E-state index < -0.39 is 11.6 Å². The van der Waals surface area contributed by atoms with Crippen molar-refractivity contribution in [2.45, 2.75) is 58.9 Å². The molecule has 1 aromatic carbocycles. The van der Waals surface area contributed by atoms with Crippen molar-refractivity contribution < 1.29 is 8.78 Å². The van der Waals surface area contributed by atoms with Crippen molar-refractivity contribution in [2.24, 2.45) is 11.3 Å². The summed E-state index contributed by atoms with van der Waals surface area (Å²) < 4.78 is 27.7. The molecule has 1 atom stereocenters. The van der Waals surface area contributed by atoms with Gasteiger partial charge in [-0.1, -0.05) is 32.8 Å². The van der Waals surface area contributed by atoms with Crippen LogP contribution in [0.3, 0.4) is 0 Å². The molecule has 0 aromatic heterocycles. The SMILES string of the molecule is CC(C)CC1(CNC(C)c2c(F)cccc2F)CCCC1. The molecule has 1 aromatic rings. The first-order valence-electron chi connectivity index (χ1n) is 8.11. The second-order valence-electron chi connectivity index (χ2n) is 7.04. The fraction of sp³-hybridized carbons (Fsp3) is 0.667. The summed E-state index contributed by atoms with van der Waals surface area (Å²) in [5, 5.41) is 3.39. The first-order chi connectivity index (χ1) is 9.93. The molecule has 1 unspecified atom stereocenters. The molecule has 0 aliphatic heterocycles. The van der Waals surface area contributed by atoms with Gasteiger partial charge in [-0.15, -0.1) is 0 Å². The Kier molecular flexibility index (Phi) is 5.37. The van der Waals surface area contributed by atoms with E-state index in [-0.39, 0.29) is 11.6 Å². The van der Waals surface area contributed by atoms with Crippen molar-refractivity contribution in [2.75, 3.05) is 6.54 Å². The second-order valence-corrected chi connectivity index (χ2v) is 7.04. The van der Waals surface area contributed by atoms with Gasteiger partial charge in [0, 0.05) is 18.2 Å². The molecule has 0 heterocycles. The topological polar surface area (TPSA) is 12.0 Å². The van der Waals surface area contributed by atoms with Gasteiger partial charge >= 0.3 is 0 Å². The van der Waals surface area contributed by atoms with E-state index in [2.05, 4.69) is 19.2 Å². The van der Waals surface area contributed by atoms with Crippen LogP contribution in [0, 0.1) is 23.0 Å². The largest absolute Gasteiger partial charge is 0.309 e. The van der Waals surface area contributed by atoms with E-state index in [1.807, 2.05) is 6.92 Å². The van der Waals surface area contributed by atoms with Crippen LogP contribution in [-0.4, -0.2) is 6.54 Å². The summed E-state index contributed by atoms with van der Waals surface area (Å²) in [6, 6.07) is 3.78. The Bertz CT molecular complexity index is 444. The maximum absolute atomic E-state index is 13.8. The predicted molar refractivity (Wildman–Crippen MR) is 83.1 cm³/mol. The van der Waals surface area contributed by atoms with Crippen LogP contribution in [0.4, 0.5) is 8.78 Å². The van der Waals surface area contributed by atoms with E-state index in [1.54, 1.807) is 0 Å². The first-order valence-corrected chi connectivity index (χ1v) is 8.11. The van der Waals surface area contributed by atoms with Crippen molar-refractivity contribution in [1.29, 1.82) is 0 Å². The van der Waals surface area contributed by atoms with Gasteiger partial charge in [-0.3, -0.25) is 0 Å². The van der Waals surface area contributed by atoms with Crippen LogP contribution in [0.2, 0.25) is 0 Å². The molecular weight excluding hydrogens is 268 g/mol. The lowest BCUT2D eigenvalue weighted by atomic mass is 9.78. The Hall–Kier alpha value is -0.960. The third-order valence-corrected chi connectivity index (χ3v) is 4.72. The van der Waals surface area contributed by atoms with E-state index in [4.69, 9.17) is 0 Å². The summed E-state index contributed by atoms with van der Waals surface area (Å²) >= 11 is 0. The summed E-state index contributed by atoms with van der Waals surface area (Å²) in [4.78, 5) is 0. The zero-order valence-electron chi connectivity index (χ0n) is 13.4. The number of rotatable bonds is 6. The van der Waals surface area contributed by atoms with Crippen molar-refractivity contribution in [3.63, 3.8) is 0 Å². The molecule has 1 saturated carbocycles. The Balaban J connectivity index is 2.04. The highest BCUT2D eigenvalue weighted by Crippen LogP contribution is 2.43. The molecular formula is C18H27F2N. The molecule has 0 radical (unpaired) electrons. The van der Waals surface area contributed by atoms with Crippen LogP contribution < -0.4 is 5.32 Å². The summed E-state index contributed by atoms with van der Waals surface area (Å²) in [5.74, 6) is -0.260. The van der Waals surface area contributed by atoms with Gasteiger partial charge in [-0.2, -0.15) is 0 Å². The van der Waals surface area contributed by atoms with E-state index in [9.17, 15) is 8.78 Å². The van der Waals surface area contributed by atoms with Gasteiger partial charge in [0.1, 0.15) is 11.6 Å². The van der Waals surface area contributed by atoms with Crippen molar-refractivity contribution in [3.8, 4) is 0 Å². The van der Waals surface area contributed by atoms with Gasteiger partial charge in [0.2, 0.25) is 0 Å². The smallest absolute Gasteiger partial charge is 0.130 e. The maximum atomic E-state index is 13.8. The molecule has 0 amide bonds. The van der Waals surface area contributed by atoms with Gasteiger partial charge in [0.25, 0.3) is 0 Å². The van der Waals surface area contributed by atoms with Gasteiger partial charge in [-0.05, 0) is 49.7 Å². The zero-order chi connectivity index (χ0) is 15.5. The van der Waals surface area contributed by atoms with Crippen molar-refractivity contribution >= 4 is 0 Å². The summed E-state index contributed by atoms with van der Waals surface area (Å²) in [7, 11) is 0. The number of hydrogen-bond donors (Lipinski definition) is 1. The van der Waals surface area contributed by atoms with Crippen LogP contribution in [0.5, 0.6) is 0 Å². The van der Waals surface area contributed by atoms with Crippen LogP contribution in [0.15, 0.2) is 18.2 Å². The zero-order valence-corrected chi connectivity index (χ0v) is 13.4. The van der Waals surface area contributed by atoms with Crippen molar-refractivity contribution in [3.05, 3.63) is 35.4 Å². The molecule has 1 aliphatic rings. The lowest BCUT2D eigenvalue weighted by Crippen LogP contribution is -2.35. The average molecular weight is 295 g/mol. The fourth-order valence-electron chi connectivity index (χ4n) is 3.84. The number of nitrogens with one attached hydrogen (secondary N) is 1. The summed E-state index contributed by atoms with van der Waals surface area (Å²) in [5.41, 5.74) is 0.472. The molecule has 3 heteroatoms. The van der Waals surface area contributed by atoms with Gasteiger partial charge < -0.3 is 5.32 Å². The van der Waals surface area contributed by atoms with Crippen LogP contribution in [-0.2, 0) is 0 Å². The minimum Gasteiger partial charge on any atom is -0.309 e. The quantitative estimate of drug-likeness (QED) is 0.758. The van der Waals surface area contributed by atoms with Gasteiger partial charge in [0.15, 0.2) is 0 Å². The van der Waals surface area contributed by atoms with Crippen molar-refractivity contribution in [1.82, 2.24) is 5.32 Å². The maximum Gasteiger partial charge on any atom is 0.130 e. The van der Waals surface area contributed by atoms with Gasteiger partial charge in [0.05, 0.1) is 0 Å². The highest BCUT2D eigenvalue weighted by atomic mass is 19.1. The van der Waals surface area contributed by atoms with Gasteiger partial charge in [-0.25, -0.2) is 8.78 Å². The third kappa shape index (κ3) is 4.03. The van der Waals surface area contributed by atoms with Crippen LogP contribution in [0.1, 0.15) is 64.5 Å². The number of hydrogen-bond acceptors (Lipinski definition) is 1. The standard InChI is InChI=1S/C18H27F2N/c1-13(2)11-18(9-4-5-10-18)12-21-14(3)17-15(19)7-6-8-16(17)20/h6-8,13-14,21H,4-5,9-12H2,1-3H3. The molecule has 21 heavy (non-hydrogen) atoms. The van der Waals surface area contributed by atoms with E-state index in [0.717, 1.165) is 6.54 Å². The molecule has 1 aliphatic carbocycles. The molecule has 1 N–H and O–H groups in total. The molecule has 0 bridgehead atoms. The molecule has 2 rings (SSSR count). The fourth-order valence-corrected chi connectivity index (χ4v) is 3.84. The number of halogens is 2. The minimum absolute atomic E-state index is 0.162. The lowest BCUT2D eigenvalue weighted by Gasteiger charge is -2.33. The highest BCUT2D eigenvalue weighted by molar-refractivity contribution is 5.22. The molecule has 1 fully saturated rings. The molecule has 1 nitrogen and oxygen atoms in total. The first kappa shape index (κ1) is 16.4. The lowest BCUT2D eigenvalue weighted by molar-refractivity contribution is 0.216. The average Bonchev–Trinajstić information content (AvgIpc) is 2.84. The third-order valence-electron chi connectivity index (χ3n) is 4.72. The minimum atomic E-state index is -0.459. The molecule has 0 spiro atoms. The molecule has 118 valence electrons. The van der Waals surface area contributed by atoms with Crippen LogP contribution in [0.25, 0.3) is 0 Å². The molecule has 0 saturated heterocycles. The van der Waals surface area contributed by atoms with E-state index in [1.165, 1.54) is 50.3 Å². The summed E-state index contributed by atoms with van der Waals surface area (Å²) in [6.45, 7) is 7.19. The predicted octanol–water partition coefficient (Wildman–Crippen LogP) is 5.22. The second kappa shape index (κ2) is 6.87. The Morgan fingerprint density at radius 1 is 1.10 bits per heavy atom. The monoisotopic (exact) mass is 295 g/mol. The normalized spacial score (nSPS) is 19.1. The van der Waals surface area contributed by atoms with Crippen LogP contribution >= 0.6 is 0 Å². The Labute approximate surface area is 127 Å². The van der Waals surface area contributed by atoms with E-state index >= 15 is 0 Å². The Morgan fingerprint density at radius 3 is 2.19 bits per heavy atom. The van der Waals surface area contributed by atoms with E-state index in [0.29, 0.717) is 11.3 Å². The Morgan fingerprint density at radius 2 is 1.67 bits per heavy atom. The summed E-state index contributed by atoms with van der Waals surface area (Å²) in [6.07, 6.45) is 6.19.